The van der Waals surface area contributed by atoms with Gasteiger partial charge < -0.3 is 4.57 Å². The van der Waals surface area contributed by atoms with Gasteiger partial charge >= 0.3 is 0 Å². The molecule has 0 bridgehead atoms. The van der Waals surface area contributed by atoms with Gasteiger partial charge in [0.05, 0.1) is 0 Å². The first kappa shape index (κ1) is 12.9. The number of imidazole rings is 1. The third-order valence-electron chi connectivity index (χ3n) is 2.30. The van der Waals surface area contributed by atoms with Crippen LogP contribution in [0.15, 0.2) is 53.3 Å². The first-order valence-corrected chi connectivity index (χ1v) is 6.53. The van der Waals surface area contributed by atoms with Gasteiger partial charge in [-0.3, -0.25) is 4.79 Å². The second-order valence-corrected chi connectivity index (χ2v) is 4.92. The monoisotopic (exact) mass is 278 g/mol. The summed E-state index contributed by atoms with van der Waals surface area (Å²) in [4.78, 5) is 15.9. The Balaban J connectivity index is 1.99. The summed E-state index contributed by atoms with van der Waals surface area (Å²) in [6.45, 7) is 0. The van der Waals surface area contributed by atoms with Crippen molar-refractivity contribution in [1.82, 2.24) is 9.55 Å². The second kappa shape index (κ2) is 5.89. The van der Waals surface area contributed by atoms with Crippen LogP contribution in [0.2, 0.25) is 5.02 Å². The molecule has 1 aromatic carbocycles. The van der Waals surface area contributed by atoms with Crippen molar-refractivity contribution < 1.29 is 4.79 Å². The highest BCUT2D eigenvalue weighted by atomic mass is 35.5. The number of carbonyl (C=O) groups excluding carboxylic acids is 1. The van der Waals surface area contributed by atoms with Crippen LogP contribution in [0, 0.1) is 0 Å². The Hall–Kier alpha value is -1.52. The predicted molar refractivity (Wildman–Crippen MR) is 74.0 cm³/mol. The molecule has 0 saturated heterocycles. The number of thioether (sulfide) groups is 1. The van der Waals surface area contributed by atoms with Gasteiger partial charge in [0, 0.05) is 30.0 Å². The maximum atomic E-state index is 11.8. The molecule has 1 heterocycles. The minimum Gasteiger partial charge on any atom is -0.329 e. The average Bonchev–Trinajstić information content (AvgIpc) is 2.76. The number of allylic oxidation sites excluding steroid dienone is 1. The van der Waals surface area contributed by atoms with Crippen LogP contribution in [0.5, 0.6) is 0 Å². The van der Waals surface area contributed by atoms with Crippen LogP contribution in [0.3, 0.4) is 0 Å². The number of nitrogens with zero attached hydrogens (tertiary/aromatic N) is 2. The van der Waals surface area contributed by atoms with Gasteiger partial charge in [0.25, 0.3) is 0 Å². The van der Waals surface area contributed by atoms with E-state index in [0.29, 0.717) is 10.6 Å². The SMILES string of the molecule is Cn1ccnc1S/C=C\C(=O)c1ccc(Cl)cc1. The van der Waals surface area contributed by atoms with Gasteiger partial charge in [0.2, 0.25) is 0 Å². The molecular weight excluding hydrogens is 268 g/mol. The largest absolute Gasteiger partial charge is 0.329 e. The maximum Gasteiger partial charge on any atom is 0.186 e. The highest BCUT2D eigenvalue weighted by Crippen LogP contribution is 2.16. The molecule has 2 rings (SSSR count). The summed E-state index contributed by atoms with van der Waals surface area (Å²) in [5, 5.41) is 3.20. The molecular formula is C13H11ClN2OS. The minimum atomic E-state index is -0.0478. The quantitative estimate of drug-likeness (QED) is 0.487. The van der Waals surface area contributed by atoms with Crippen LogP contribution in [0.1, 0.15) is 10.4 Å². The van der Waals surface area contributed by atoms with E-state index in [9.17, 15) is 4.79 Å². The lowest BCUT2D eigenvalue weighted by molar-refractivity contribution is 0.104. The third kappa shape index (κ3) is 3.24. The molecule has 0 spiro atoms. The second-order valence-electron chi connectivity index (χ2n) is 3.61. The summed E-state index contributed by atoms with van der Waals surface area (Å²) in [7, 11) is 1.91. The van der Waals surface area contributed by atoms with E-state index in [1.165, 1.54) is 17.8 Å². The average molecular weight is 279 g/mol. The van der Waals surface area contributed by atoms with E-state index in [4.69, 9.17) is 11.6 Å². The maximum absolute atomic E-state index is 11.8. The summed E-state index contributed by atoms with van der Waals surface area (Å²) >= 11 is 7.17. The number of benzene rings is 1. The fraction of sp³-hybridized carbons (Fsp3) is 0.0769. The molecule has 3 nitrogen and oxygen atoms in total. The van der Waals surface area contributed by atoms with Crippen molar-refractivity contribution in [2.75, 3.05) is 0 Å². The van der Waals surface area contributed by atoms with E-state index in [0.717, 1.165) is 5.16 Å². The Bertz CT molecular complexity index is 575. The summed E-state index contributed by atoms with van der Waals surface area (Å²) in [6.07, 6.45) is 5.11. The zero-order valence-electron chi connectivity index (χ0n) is 9.71. The zero-order chi connectivity index (χ0) is 13.0. The van der Waals surface area contributed by atoms with Gasteiger partial charge in [0.15, 0.2) is 10.9 Å². The predicted octanol–water partition coefficient (Wildman–Crippen LogP) is 3.56. The fourth-order valence-electron chi connectivity index (χ4n) is 1.33. The van der Waals surface area contributed by atoms with Crippen molar-refractivity contribution in [3.05, 3.63) is 58.7 Å². The minimum absolute atomic E-state index is 0.0478. The lowest BCUT2D eigenvalue weighted by atomic mass is 10.1. The number of rotatable bonds is 4. The molecule has 1 aromatic heterocycles. The van der Waals surface area contributed by atoms with Crippen molar-refractivity contribution in [2.24, 2.45) is 7.05 Å². The van der Waals surface area contributed by atoms with Crippen molar-refractivity contribution in [1.29, 1.82) is 0 Å². The van der Waals surface area contributed by atoms with Crippen LogP contribution in [-0.4, -0.2) is 15.3 Å². The van der Waals surface area contributed by atoms with Crippen molar-refractivity contribution in [3.63, 3.8) is 0 Å². The van der Waals surface area contributed by atoms with E-state index >= 15 is 0 Å². The van der Waals surface area contributed by atoms with E-state index in [1.807, 2.05) is 17.8 Å². The van der Waals surface area contributed by atoms with E-state index in [-0.39, 0.29) is 5.78 Å². The first-order valence-electron chi connectivity index (χ1n) is 5.27. The molecule has 0 aliphatic heterocycles. The van der Waals surface area contributed by atoms with E-state index in [1.54, 1.807) is 35.9 Å². The molecule has 0 unspecified atom stereocenters. The number of carbonyl (C=O) groups is 1. The Morgan fingerprint density at radius 1 is 1.39 bits per heavy atom. The van der Waals surface area contributed by atoms with Crippen molar-refractivity contribution >= 4 is 29.1 Å². The number of ketones is 1. The standard InChI is InChI=1S/C13H11ClN2OS/c1-16-8-7-15-13(16)18-9-6-12(17)10-2-4-11(14)5-3-10/h2-9H,1H3/b9-6-. The molecule has 0 amide bonds. The van der Waals surface area contributed by atoms with Crippen LogP contribution in [-0.2, 0) is 7.05 Å². The fourth-order valence-corrected chi connectivity index (χ4v) is 2.12. The summed E-state index contributed by atoms with van der Waals surface area (Å²) in [5.41, 5.74) is 0.621. The smallest absolute Gasteiger partial charge is 0.186 e. The van der Waals surface area contributed by atoms with Gasteiger partial charge in [0.1, 0.15) is 0 Å². The highest BCUT2D eigenvalue weighted by molar-refractivity contribution is 8.02. The molecule has 0 radical (unpaired) electrons. The van der Waals surface area contributed by atoms with Gasteiger partial charge in [-0.15, -0.1) is 0 Å². The molecule has 0 aliphatic rings. The summed E-state index contributed by atoms with van der Waals surface area (Å²) in [5.74, 6) is -0.0478. The Labute approximate surface area is 114 Å². The normalized spacial score (nSPS) is 11.0. The molecule has 92 valence electrons. The third-order valence-corrected chi connectivity index (χ3v) is 3.43. The molecule has 0 fully saturated rings. The number of aromatic nitrogens is 2. The topological polar surface area (TPSA) is 34.9 Å². The highest BCUT2D eigenvalue weighted by Gasteiger charge is 2.01. The first-order chi connectivity index (χ1) is 8.66. The molecule has 0 aliphatic carbocycles. The Morgan fingerprint density at radius 2 is 2.11 bits per heavy atom. The zero-order valence-corrected chi connectivity index (χ0v) is 11.3. The molecule has 0 N–H and O–H groups in total. The van der Waals surface area contributed by atoms with E-state index in [2.05, 4.69) is 4.98 Å². The van der Waals surface area contributed by atoms with Crippen LogP contribution in [0.4, 0.5) is 0 Å². The van der Waals surface area contributed by atoms with Gasteiger partial charge in [-0.05, 0) is 35.7 Å². The Kier molecular flexibility index (Phi) is 4.23. The van der Waals surface area contributed by atoms with Crippen LogP contribution >= 0.6 is 23.4 Å². The van der Waals surface area contributed by atoms with Gasteiger partial charge in [-0.25, -0.2) is 4.98 Å². The molecule has 18 heavy (non-hydrogen) atoms. The van der Waals surface area contributed by atoms with E-state index < -0.39 is 0 Å². The van der Waals surface area contributed by atoms with Gasteiger partial charge in [-0.1, -0.05) is 23.4 Å². The molecule has 0 atom stereocenters. The number of halogens is 1. The van der Waals surface area contributed by atoms with Crippen molar-refractivity contribution in [3.8, 4) is 0 Å². The number of hydrogen-bond acceptors (Lipinski definition) is 3. The van der Waals surface area contributed by atoms with Crippen LogP contribution in [0.25, 0.3) is 0 Å². The van der Waals surface area contributed by atoms with Gasteiger partial charge in [-0.2, -0.15) is 0 Å². The number of aryl methyl sites for hydroxylation is 1. The van der Waals surface area contributed by atoms with Crippen molar-refractivity contribution in [2.45, 2.75) is 5.16 Å². The summed E-state index contributed by atoms with van der Waals surface area (Å²) in [6, 6.07) is 6.82. The molecule has 2 aromatic rings. The summed E-state index contributed by atoms with van der Waals surface area (Å²) < 4.78 is 1.89. The lowest BCUT2D eigenvalue weighted by Crippen LogP contribution is -1.93. The molecule has 0 saturated carbocycles. The Morgan fingerprint density at radius 3 is 2.72 bits per heavy atom. The molecule has 5 heteroatoms. The number of hydrogen-bond donors (Lipinski definition) is 0. The van der Waals surface area contributed by atoms with Crippen LogP contribution < -0.4 is 0 Å². The lowest BCUT2D eigenvalue weighted by Gasteiger charge is -1.97.